The molecule has 0 aliphatic carbocycles. The first-order valence-electron chi connectivity index (χ1n) is 9.78. The molecule has 1 radical (unpaired) electrons. The van der Waals surface area contributed by atoms with E-state index in [9.17, 15) is 0 Å². The van der Waals surface area contributed by atoms with Gasteiger partial charge in [-0.05, 0) is 18.8 Å². The highest BCUT2D eigenvalue weighted by atomic mass is 79.9. The van der Waals surface area contributed by atoms with Crippen LogP contribution in [-0.2, 0) is 0 Å². The number of halogens is 1. The zero-order valence-corrected chi connectivity index (χ0v) is 16.4. The second-order valence-corrected chi connectivity index (χ2v) is 7.23. The number of unbranched alkanes of at least 4 members (excludes halogenated alkanes) is 12. The summed E-state index contributed by atoms with van der Waals surface area (Å²) in [5.41, 5.74) is 0. The average Bonchev–Trinajstić information content (AvgIpc) is 2.51. The summed E-state index contributed by atoms with van der Waals surface area (Å²) in [6.45, 7) is 4.58. The molecule has 0 spiro atoms. The molecule has 0 heterocycles. The lowest BCUT2D eigenvalue weighted by Gasteiger charge is -2.13. The molecule has 0 N–H and O–H groups in total. The maximum Gasteiger partial charge on any atom is 0.0302 e. The van der Waals surface area contributed by atoms with E-state index in [2.05, 4.69) is 35.1 Å². The largest absolute Gasteiger partial charge is 0.0875 e. The Labute approximate surface area is 144 Å². The molecule has 1 unspecified atom stereocenters. The van der Waals surface area contributed by atoms with Gasteiger partial charge in [-0.25, -0.2) is 0 Å². The van der Waals surface area contributed by atoms with Crippen LogP contribution in [0.2, 0.25) is 0 Å². The standard InChI is InChI=1S/C20H40Br/c1-3-5-7-9-11-12-14-16-18-20(19-21)17-15-13-10-8-6-4-2/h19-20H,3-18H2,1-2H3. The summed E-state index contributed by atoms with van der Waals surface area (Å²) in [4.78, 5) is 0. The van der Waals surface area contributed by atoms with Crippen LogP contribution in [0.1, 0.15) is 117 Å². The molecule has 0 amide bonds. The van der Waals surface area contributed by atoms with E-state index in [0.29, 0.717) is 0 Å². The van der Waals surface area contributed by atoms with E-state index in [-0.39, 0.29) is 0 Å². The molecule has 127 valence electrons. The average molecular weight is 360 g/mol. The molecular weight excluding hydrogens is 320 g/mol. The van der Waals surface area contributed by atoms with Crippen LogP contribution >= 0.6 is 15.9 Å². The molecule has 0 aliphatic rings. The van der Waals surface area contributed by atoms with Crippen LogP contribution in [0.25, 0.3) is 0 Å². The normalized spacial score (nSPS) is 12.7. The van der Waals surface area contributed by atoms with Gasteiger partial charge in [0.25, 0.3) is 0 Å². The topological polar surface area (TPSA) is 0 Å². The van der Waals surface area contributed by atoms with Crippen molar-refractivity contribution in [2.45, 2.75) is 117 Å². The predicted molar refractivity (Wildman–Crippen MR) is 102 cm³/mol. The maximum absolute atomic E-state index is 3.60. The van der Waals surface area contributed by atoms with Crippen molar-refractivity contribution in [1.82, 2.24) is 0 Å². The molecule has 0 bridgehead atoms. The summed E-state index contributed by atoms with van der Waals surface area (Å²) >= 11 is 3.60. The summed E-state index contributed by atoms with van der Waals surface area (Å²) < 4.78 is 0. The highest BCUT2D eigenvalue weighted by molar-refractivity contribution is 9.10. The summed E-state index contributed by atoms with van der Waals surface area (Å²) in [5.74, 6) is 0.816. The number of hydrogen-bond donors (Lipinski definition) is 0. The van der Waals surface area contributed by atoms with Gasteiger partial charge in [-0.1, -0.05) is 120 Å². The van der Waals surface area contributed by atoms with Crippen LogP contribution < -0.4 is 0 Å². The second kappa shape index (κ2) is 18.5. The van der Waals surface area contributed by atoms with E-state index in [1.807, 2.05) is 0 Å². The Kier molecular flexibility index (Phi) is 19.0. The van der Waals surface area contributed by atoms with Crippen LogP contribution in [0.15, 0.2) is 0 Å². The lowest BCUT2D eigenvalue weighted by Crippen LogP contribution is -1.98. The molecule has 0 aromatic carbocycles. The van der Waals surface area contributed by atoms with E-state index in [1.165, 1.54) is 103 Å². The highest BCUT2D eigenvalue weighted by Crippen LogP contribution is 2.23. The Bertz CT molecular complexity index is 179. The first-order chi connectivity index (χ1) is 10.3. The van der Waals surface area contributed by atoms with Gasteiger partial charge >= 0.3 is 0 Å². The molecular formula is C20H40Br. The fraction of sp³-hybridized carbons (Fsp3) is 0.950. The quantitative estimate of drug-likeness (QED) is 0.228. The Morgan fingerprint density at radius 1 is 0.571 bits per heavy atom. The van der Waals surface area contributed by atoms with E-state index in [1.54, 1.807) is 0 Å². The monoisotopic (exact) mass is 359 g/mol. The third-order valence-electron chi connectivity index (χ3n) is 4.54. The smallest absolute Gasteiger partial charge is 0.0302 e. The van der Waals surface area contributed by atoms with E-state index < -0.39 is 0 Å². The fourth-order valence-electron chi connectivity index (χ4n) is 3.00. The van der Waals surface area contributed by atoms with Gasteiger partial charge in [0, 0.05) is 5.33 Å². The van der Waals surface area contributed by atoms with E-state index in [4.69, 9.17) is 0 Å². The van der Waals surface area contributed by atoms with Crippen LogP contribution in [-0.4, -0.2) is 0 Å². The second-order valence-electron chi connectivity index (χ2n) is 6.71. The van der Waals surface area contributed by atoms with Gasteiger partial charge in [0.1, 0.15) is 0 Å². The van der Waals surface area contributed by atoms with Crippen molar-refractivity contribution in [2.24, 2.45) is 5.92 Å². The molecule has 0 nitrogen and oxygen atoms in total. The van der Waals surface area contributed by atoms with E-state index >= 15 is 0 Å². The first-order valence-corrected chi connectivity index (χ1v) is 10.7. The van der Waals surface area contributed by atoms with E-state index in [0.717, 1.165) is 5.92 Å². The highest BCUT2D eigenvalue weighted by Gasteiger charge is 2.07. The first kappa shape index (κ1) is 21.5. The lowest BCUT2D eigenvalue weighted by molar-refractivity contribution is 0.458. The van der Waals surface area contributed by atoms with Gasteiger partial charge < -0.3 is 0 Å². The van der Waals surface area contributed by atoms with Crippen LogP contribution in [0.3, 0.4) is 0 Å². The van der Waals surface area contributed by atoms with Gasteiger partial charge in [0.2, 0.25) is 0 Å². The maximum atomic E-state index is 3.60. The van der Waals surface area contributed by atoms with Crippen molar-refractivity contribution in [3.8, 4) is 0 Å². The van der Waals surface area contributed by atoms with Gasteiger partial charge in [-0.15, -0.1) is 0 Å². The van der Waals surface area contributed by atoms with Crippen molar-refractivity contribution in [3.05, 3.63) is 5.33 Å². The van der Waals surface area contributed by atoms with Gasteiger partial charge in [0.05, 0.1) is 0 Å². The molecule has 21 heavy (non-hydrogen) atoms. The molecule has 0 saturated heterocycles. The molecule has 0 aromatic heterocycles. The molecule has 1 heteroatoms. The zero-order valence-electron chi connectivity index (χ0n) is 14.8. The summed E-state index contributed by atoms with van der Waals surface area (Å²) in [6, 6.07) is 0. The van der Waals surface area contributed by atoms with Crippen molar-refractivity contribution in [3.63, 3.8) is 0 Å². The molecule has 0 fully saturated rings. The minimum Gasteiger partial charge on any atom is -0.0875 e. The number of hydrogen-bond acceptors (Lipinski definition) is 0. The van der Waals surface area contributed by atoms with Gasteiger partial charge in [-0.3, -0.25) is 0 Å². The van der Waals surface area contributed by atoms with Crippen molar-refractivity contribution in [2.75, 3.05) is 0 Å². The third-order valence-corrected chi connectivity index (χ3v) is 5.28. The van der Waals surface area contributed by atoms with Gasteiger partial charge in [0.15, 0.2) is 0 Å². The van der Waals surface area contributed by atoms with Crippen LogP contribution in [0.4, 0.5) is 0 Å². The van der Waals surface area contributed by atoms with Crippen molar-refractivity contribution in [1.29, 1.82) is 0 Å². The van der Waals surface area contributed by atoms with Crippen LogP contribution in [0, 0.1) is 11.2 Å². The molecule has 0 aliphatic heterocycles. The zero-order chi connectivity index (χ0) is 15.6. The fourth-order valence-corrected chi connectivity index (χ4v) is 3.53. The Morgan fingerprint density at radius 3 is 1.24 bits per heavy atom. The molecule has 0 aromatic rings. The number of rotatable bonds is 17. The molecule has 0 rings (SSSR count). The van der Waals surface area contributed by atoms with Crippen molar-refractivity contribution >= 4 is 15.9 Å². The predicted octanol–water partition coefficient (Wildman–Crippen LogP) is 8.44. The Morgan fingerprint density at radius 2 is 0.905 bits per heavy atom. The third kappa shape index (κ3) is 16.7. The summed E-state index contributed by atoms with van der Waals surface area (Å²) in [5, 5.41) is 2.28. The van der Waals surface area contributed by atoms with Crippen LogP contribution in [0.5, 0.6) is 0 Å². The Hall–Kier alpha value is 0.480. The molecule has 0 saturated carbocycles. The minimum absolute atomic E-state index is 0.816. The van der Waals surface area contributed by atoms with Gasteiger partial charge in [-0.2, -0.15) is 0 Å². The summed E-state index contributed by atoms with van der Waals surface area (Å²) in [7, 11) is 0. The summed E-state index contributed by atoms with van der Waals surface area (Å²) in [6.07, 6.45) is 22.8. The Balaban J connectivity index is 3.28. The van der Waals surface area contributed by atoms with Crippen molar-refractivity contribution < 1.29 is 0 Å². The lowest BCUT2D eigenvalue weighted by atomic mass is 9.96. The minimum atomic E-state index is 0.816. The SMILES string of the molecule is CCCCCCCCCCC([CH]Br)CCCCCCCC. The molecule has 1 atom stereocenters.